The number of benzene rings is 2. The van der Waals surface area contributed by atoms with E-state index in [1.807, 2.05) is 37.1 Å². The van der Waals surface area contributed by atoms with Crippen molar-refractivity contribution in [1.82, 2.24) is 0 Å². The normalized spacial score (nSPS) is 15.0. The third-order valence-electron chi connectivity index (χ3n) is 4.99. The molecule has 0 radical (unpaired) electrons. The molecule has 1 fully saturated rings. The van der Waals surface area contributed by atoms with E-state index in [0.717, 1.165) is 25.2 Å². The summed E-state index contributed by atoms with van der Waals surface area (Å²) < 4.78 is 5.93. The van der Waals surface area contributed by atoms with Gasteiger partial charge in [-0.15, -0.1) is 0 Å². The number of ether oxygens (including phenoxy) is 1. The molecule has 2 aliphatic rings. The molecule has 3 nitrogen and oxygen atoms in total. The molecule has 0 bridgehead atoms. The van der Waals surface area contributed by atoms with Crippen LogP contribution >= 0.6 is 0 Å². The Kier molecular flexibility index (Phi) is 13.4. The van der Waals surface area contributed by atoms with Gasteiger partial charge >= 0.3 is 0 Å². The molecule has 0 saturated heterocycles. The van der Waals surface area contributed by atoms with Gasteiger partial charge in [0, 0.05) is 8.54 Å². The van der Waals surface area contributed by atoms with Crippen molar-refractivity contribution in [2.75, 3.05) is 13.7 Å². The highest BCUT2D eigenvalue weighted by Crippen LogP contribution is 2.36. The lowest BCUT2D eigenvalue weighted by Crippen LogP contribution is -2.20. The summed E-state index contributed by atoms with van der Waals surface area (Å²) >= 11 is 0. The Morgan fingerprint density at radius 3 is 2.13 bits per heavy atom. The number of aliphatic hydroxyl groups is 1. The smallest absolute Gasteiger partial charge is 0.119 e. The zero-order valence-electron chi connectivity index (χ0n) is 18.4. The number of carbonyl (C=O) groups is 1. The summed E-state index contributed by atoms with van der Waals surface area (Å²) in [6.45, 7) is 9.46. The fraction of sp³-hybridized carbons (Fsp3) is 0.444. The van der Waals surface area contributed by atoms with Crippen LogP contribution in [-0.2, 0) is 11.2 Å². The van der Waals surface area contributed by atoms with Crippen molar-refractivity contribution in [3.8, 4) is 5.75 Å². The number of hydrogen-bond donors (Lipinski definition) is 1. The van der Waals surface area contributed by atoms with E-state index in [0.29, 0.717) is 6.61 Å². The number of allylic oxidation sites excluding steroid dienone is 1. The van der Waals surface area contributed by atoms with Crippen molar-refractivity contribution in [3.05, 3.63) is 71.8 Å². The minimum atomic E-state index is 0. The molecule has 168 valence electrons. The van der Waals surface area contributed by atoms with Crippen LogP contribution in [-0.4, -0.2) is 25.6 Å². The molecule has 1 N–H and O–H groups in total. The topological polar surface area (TPSA) is 46.5 Å². The Balaban J connectivity index is 0. The van der Waals surface area contributed by atoms with E-state index in [-0.39, 0.29) is 14.3 Å². The summed E-state index contributed by atoms with van der Waals surface area (Å²) in [5, 5.41) is 7.00. The molecule has 1 saturated carbocycles. The van der Waals surface area contributed by atoms with Crippen LogP contribution in [0.15, 0.2) is 60.7 Å². The highest BCUT2D eigenvalue weighted by atomic mass is 16.5. The van der Waals surface area contributed by atoms with Gasteiger partial charge < -0.3 is 14.6 Å². The molecule has 0 atom stereocenters. The first-order valence-electron chi connectivity index (χ1n) is 10.3. The number of carbonyl (C=O) groups excluding carboxylic acids is 1. The lowest BCUT2D eigenvalue weighted by Gasteiger charge is -2.29. The number of rotatable bonds is 4. The van der Waals surface area contributed by atoms with E-state index in [1.54, 1.807) is 0 Å². The first-order valence-corrected chi connectivity index (χ1v) is 10.3. The third kappa shape index (κ3) is 9.41. The van der Waals surface area contributed by atoms with Crippen LogP contribution in [0.4, 0.5) is 0 Å². The minimum Gasteiger partial charge on any atom is -0.489 e. The van der Waals surface area contributed by atoms with E-state index < -0.39 is 0 Å². The van der Waals surface area contributed by atoms with Crippen LogP contribution in [0.2, 0.25) is 0 Å². The summed E-state index contributed by atoms with van der Waals surface area (Å²) in [6.07, 6.45) is 7.89. The molecule has 2 aliphatic carbocycles. The van der Waals surface area contributed by atoms with Crippen LogP contribution < -0.4 is 4.74 Å². The summed E-state index contributed by atoms with van der Waals surface area (Å²) in [5.41, 5.74) is 4.25. The van der Waals surface area contributed by atoms with Gasteiger partial charge in [0.2, 0.25) is 0 Å². The molecular formula is C27H42O3. The SMILES string of the molecule is C.C=O.CC1(C)C=C(COc2ccccc2)c2ccccc2C1.CCC1CC1.CO.[HH]. The van der Waals surface area contributed by atoms with Gasteiger partial charge in [-0.05, 0) is 46.6 Å². The quantitative estimate of drug-likeness (QED) is 0.595. The predicted molar refractivity (Wildman–Crippen MR) is 131 cm³/mol. The Morgan fingerprint density at radius 1 is 1.03 bits per heavy atom. The Morgan fingerprint density at radius 2 is 1.60 bits per heavy atom. The van der Waals surface area contributed by atoms with Crippen molar-refractivity contribution in [2.45, 2.75) is 53.9 Å². The van der Waals surface area contributed by atoms with Crippen LogP contribution in [0, 0.1) is 11.3 Å². The van der Waals surface area contributed by atoms with Gasteiger partial charge in [0.15, 0.2) is 0 Å². The molecule has 4 rings (SSSR count). The maximum absolute atomic E-state index is 8.00. The molecule has 0 amide bonds. The Hall–Kier alpha value is -2.39. The summed E-state index contributed by atoms with van der Waals surface area (Å²) in [4.78, 5) is 8.00. The fourth-order valence-corrected chi connectivity index (χ4v) is 3.40. The standard InChI is InChI=1S/C19H20O.C5H10.CH4O.CH2O.CH4.H2/c1-19(2)12-15-8-6-7-11-18(15)16(13-19)14-20-17-9-4-3-5-10-17;1-2-5-3-4-5;2*1-2;;/h3-11,13H,12,14H2,1-2H3;5H,2-4H2,1H3;2H,1H3;1H2;1H4;1H. The molecule has 2 aromatic carbocycles. The van der Waals surface area contributed by atoms with Crippen LogP contribution in [0.25, 0.3) is 5.57 Å². The second-order valence-corrected chi connectivity index (χ2v) is 7.95. The molecule has 0 unspecified atom stereocenters. The Bertz CT molecular complexity index is 737. The van der Waals surface area contributed by atoms with Gasteiger partial charge in [0.25, 0.3) is 0 Å². The lowest BCUT2D eigenvalue weighted by molar-refractivity contribution is -0.0979. The average molecular weight is 415 g/mol. The molecule has 30 heavy (non-hydrogen) atoms. The highest BCUT2D eigenvalue weighted by Gasteiger charge is 2.24. The van der Waals surface area contributed by atoms with E-state index >= 15 is 0 Å². The molecule has 3 heteroatoms. The zero-order chi connectivity index (χ0) is 21.7. The van der Waals surface area contributed by atoms with Gasteiger partial charge in [0.05, 0.1) is 0 Å². The van der Waals surface area contributed by atoms with Gasteiger partial charge in [-0.25, -0.2) is 0 Å². The fourth-order valence-electron chi connectivity index (χ4n) is 3.40. The van der Waals surface area contributed by atoms with Crippen molar-refractivity contribution >= 4 is 12.4 Å². The molecule has 0 aromatic heterocycles. The summed E-state index contributed by atoms with van der Waals surface area (Å²) in [6, 6.07) is 18.7. The largest absolute Gasteiger partial charge is 0.489 e. The Labute approximate surface area is 185 Å². The van der Waals surface area contributed by atoms with Crippen molar-refractivity contribution < 1.29 is 16.1 Å². The number of fused-ring (bicyclic) bond motifs is 1. The van der Waals surface area contributed by atoms with Crippen LogP contribution in [0.3, 0.4) is 0 Å². The first kappa shape index (κ1) is 27.6. The number of hydrogen-bond acceptors (Lipinski definition) is 3. The monoisotopic (exact) mass is 414 g/mol. The minimum absolute atomic E-state index is 0. The third-order valence-corrected chi connectivity index (χ3v) is 4.99. The van der Waals surface area contributed by atoms with E-state index in [2.05, 4.69) is 51.1 Å². The second kappa shape index (κ2) is 14.6. The highest BCUT2D eigenvalue weighted by molar-refractivity contribution is 5.72. The molecule has 0 heterocycles. The molecular weight excluding hydrogens is 372 g/mol. The zero-order valence-corrected chi connectivity index (χ0v) is 18.4. The van der Waals surface area contributed by atoms with Gasteiger partial charge in [-0.2, -0.15) is 0 Å². The van der Waals surface area contributed by atoms with Crippen molar-refractivity contribution in [1.29, 1.82) is 0 Å². The molecule has 2 aromatic rings. The first-order chi connectivity index (χ1) is 14.1. The van der Waals surface area contributed by atoms with Gasteiger partial charge in [-0.1, -0.05) is 96.0 Å². The predicted octanol–water partition coefficient (Wildman–Crippen LogP) is 6.84. The maximum atomic E-state index is 8.00. The summed E-state index contributed by atoms with van der Waals surface area (Å²) in [7, 11) is 1.00. The number of para-hydroxylation sites is 1. The molecule has 0 aliphatic heterocycles. The second-order valence-electron chi connectivity index (χ2n) is 7.95. The molecule has 0 spiro atoms. The summed E-state index contributed by atoms with van der Waals surface area (Å²) in [5.74, 6) is 2.06. The average Bonchev–Trinajstić information content (AvgIpc) is 3.60. The van der Waals surface area contributed by atoms with Gasteiger partial charge in [0.1, 0.15) is 19.1 Å². The van der Waals surface area contributed by atoms with Gasteiger partial charge in [-0.3, -0.25) is 0 Å². The van der Waals surface area contributed by atoms with Crippen LogP contribution in [0.5, 0.6) is 5.75 Å². The number of aliphatic hydroxyl groups excluding tert-OH is 1. The van der Waals surface area contributed by atoms with Crippen molar-refractivity contribution in [3.63, 3.8) is 0 Å². The maximum Gasteiger partial charge on any atom is 0.119 e. The van der Waals surface area contributed by atoms with Crippen LogP contribution in [0.1, 0.15) is 60.0 Å². The van der Waals surface area contributed by atoms with E-state index in [4.69, 9.17) is 14.6 Å². The lowest BCUT2D eigenvalue weighted by atomic mass is 9.76. The van der Waals surface area contributed by atoms with E-state index in [9.17, 15) is 0 Å². The van der Waals surface area contributed by atoms with Crippen molar-refractivity contribution in [2.24, 2.45) is 11.3 Å². The van der Waals surface area contributed by atoms with E-state index in [1.165, 1.54) is 36.0 Å².